The van der Waals surface area contributed by atoms with Crippen LogP contribution in [-0.4, -0.2) is 52.1 Å². The predicted octanol–water partition coefficient (Wildman–Crippen LogP) is 2.79. The number of aromatic nitrogens is 4. The molecule has 0 bridgehead atoms. The van der Waals surface area contributed by atoms with Gasteiger partial charge >= 0.3 is 0 Å². The molecule has 1 fully saturated rings. The maximum absolute atomic E-state index is 11.8. The molecular formula is C20H23N7O2S. The molecule has 3 aromatic rings. The number of ether oxygens (including phenoxy) is 1. The molecule has 156 valence electrons. The maximum Gasteiger partial charge on any atom is 0.269 e. The van der Waals surface area contributed by atoms with Crippen LogP contribution < -0.4 is 20.3 Å². The average molecular weight is 426 g/mol. The second-order valence-electron chi connectivity index (χ2n) is 6.89. The summed E-state index contributed by atoms with van der Waals surface area (Å²) in [7, 11) is 1.60. The van der Waals surface area contributed by atoms with Crippen LogP contribution in [0.1, 0.15) is 29.0 Å². The molecule has 0 aliphatic carbocycles. The van der Waals surface area contributed by atoms with Crippen molar-refractivity contribution in [2.75, 3.05) is 30.4 Å². The summed E-state index contributed by atoms with van der Waals surface area (Å²) in [5.74, 6) is 1.03. The van der Waals surface area contributed by atoms with Gasteiger partial charge in [-0.3, -0.25) is 4.79 Å². The minimum absolute atomic E-state index is 0.0854. The lowest BCUT2D eigenvalue weighted by atomic mass is 10.1. The van der Waals surface area contributed by atoms with Crippen LogP contribution in [-0.2, 0) is 0 Å². The van der Waals surface area contributed by atoms with Gasteiger partial charge < -0.3 is 20.3 Å². The Morgan fingerprint density at radius 3 is 2.77 bits per heavy atom. The normalized spacial score (nSPS) is 14.4. The highest BCUT2D eigenvalue weighted by atomic mass is 32.1. The van der Waals surface area contributed by atoms with Crippen LogP contribution in [0.25, 0.3) is 0 Å². The number of rotatable bonds is 6. The summed E-state index contributed by atoms with van der Waals surface area (Å²) >= 11 is 1.51. The summed E-state index contributed by atoms with van der Waals surface area (Å²) in [4.78, 5) is 31.1. The number of nitrogens with one attached hydrogen (secondary N) is 2. The van der Waals surface area contributed by atoms with E-state index in [1.54, 1.807) is 25.4 Å². The van der Waals surface area contributed by atoms with E-state index in [-0.39, 0.29) is 12.0 Å². The third-order valence-corrected chi connectivity index (χ3v) is 5.59. The van der Waals surface area contributed by atoms with Crippen LogP contribution in [0.15, 0.2) is 36.1 Å². The zero-order chi connectivity index (χ0) is 20.9. The molecule has 2 N–H and O–H groups in total. The van der Waals surface area contributed by atoms with Crippen molar-refractivity contribution in [1.82, 2.24) is 25.3 Å². The SMILES string of the molecule is CNC(=O)c1ccc(N2CCC(Oc3cc(Nc4nccs4)ncn3)CC2)c(C)n1. The largest absolute Gasteiger partial charge is 0.474 e. The molecule has 0 spiro atoms. The molecule has 1 aliphatic rings. The molecule has 3 aromatic heterocycles. The van der Waals surface area contributed by atoms with Crippen LogP contribution in [0.4, 0.5) is 16.6 Å². The number of carbonyl (C=O) groups excluding carboxylic acids is 1. The molecule has 1 amide bonds. The van der Waals surface area contributed by atoms with Crippen molar-refractivity contribution >= 4 is 33.9 Å². The lowest BCUT2D eigenvalue weighted by molar-refractivity contribution is 0.0958. The first-order chi connectivity index (χ1) is 14.6. The van der Waals surface area contributed by atoms with Gasteiger partial charge in [0.25, 0.3) is 5.91 Å². The number of carbonyl (C=O) groups is 1. The van der Waals surface area contributed by atoms with Crippen molar-refractivity contribution < 1.29 is 9.53 Å². The zero-order valence-electron chi connectivity index (χ0n) is 16.8. The number of piperidine rings is 1. The van der Waals surface area contributed by atoms with E-state index in [9.17, 15) is 4.79 Å². The Kier molecular flexibility index (Phi) is 6.03. The number of anilines is 3. The molecule has 0 radical (unpaired) electrons. The fraction of sp³-hybridized carbons (Fsp3) is 0.350. The number of thiazole rings is 1. The molecule has 0 atom stereocenters. The number of hydrogen-bond acceptors (Lipinski definition) is 9. The topological polar surface area (TPSA) is 105 Å². The fourth-order valence-corrected chi connectivity index (χ4v) is 3.93. The van der Waals surface area contributed by atoms with E-state index in [4.69, 9.17) is 4.74 Å². The van der Waals surface area contributed by atoms with E-state index in [0.717, 1.165) is 42.4 Å². The van der Waals surface area contributed by atoms with Gasteiger partial charge in [0.1, 0.15) is 23.9 Å². The summed E-state index contributed by atoms with van der Waals surface area (Å²) in [5.41, 5.74) is 2.34. The Morgan fingerprint density at radius 2 is 2.07 bits per heavy atom. The monoisotopic (exact) mass is 425 g/mol. The Balaban J connectivity index is 1.34. The van der Waals surface area contributed by atoms with Crippen LogP contribution >= 0.6 is 11.3 Å². The molecule has 1 saturated heterocycles. The Hall–Kier alpha value is -3.27. The lowest BCUT2D eigenvalue weighted by Crippen LogP contribution is -2.39. The van der Waals surface area contributed by atoms with Crippen molar-refractivity contribution in [3.8, 4) is 5.88 Å². The minimum atomic E-state index is -0.176. The van der Waals surface area contributed by atoms with Crippen LogP contribution in [0, 0.1) is 6.92 Å². The average Bonchev–Trinajstić information content (AvgIpc) is 3.27. The molecule has 4 heterocycles. The lowest BCUT2D eigenvalue weighted by Gasteiger charge is -2.34. The van der Waals surface area contributed by atoms with Gasteiger partial charge in [0.15, 0.2) is 5.13 Å². The first kappa shape index (κ1) is 20.0. The first-order valence-electron chi connectivity index (χ1n) is 9.72. The molecule has 9 nitrogen and oxygen atoms in total. The molecule has 4 rings (SSSR count). The number of amides is 1. The van der Waals surface area contributed by atoms with E-state index < -0.39 is 0 Å². The van der Waals surface area contributed by atoms with Gasteiger partial charge in [-0.05, 0) is 19.1 Å². The number of pyridine rings is 1. The number of hydrogen-bond donors (Lipinski definition) is 2. The van der Waals surface area contributed by atoms with E-state index in [1.807, 2.05) is 18.4 Å². The summed E-state index contributed by atoms with van der Waals surface area (Å²) in [5, 5.41) is 8.43. The second-order valence-corrected chi connectivity index (χ2v) is 7.78. The Labute approximate surface area is 178 Å². The third kappa shape index (κ3) is 4.65. The van der Waals surface area contributed by atoms with Gasteiger partial charge in [-0.2, -0.15) is 0 Å². The smallest absolute Gasteiger partial charge is 0.269 e. The summed E-state index contributed by atoms with van der Waals surface area (Å²) < 4.78 is 6.09. The van der Waals surface area contributed by atoms with E-state index in [1.165, 1.54) is 17.7 Å². The predicted molar refractivity (Wildman–Crippen MR) is 116 cm³/mol. The highest BCUT2D eigenvalue weighted by Gasteiger charge is 2.23. The quantitative estimate of drug-likeness (QED) is 0.621. The molecule has 0 unspecified atom stereocenters. The van der Waals surface area contributed by atoms with Crippen molar-refractivity contribution in [2.45, 2.75) is 25.9 Å². The second kappa shape index (κ2) is 9.04. The Bertz CT molecular complexity index is 1000. The molecule has 30 heavy (non-hydrogen) atoms. The summed E-state index contributed by atoms with van der Waals surface area (Å²) in [6, 6.07) is 5.52. The van der Waals surface area contributed by atoms with Crippen LogP contribution in [0.2, 0.25) is 0 Å². The van der Waals surface area contributed by atoms with Crippen LogP contribution in [0.5, 0.6) is 5.88 Å². The van der Waals surface area contributed by atoms with Crippen molar-refractivity contribution in [1.29, 1.82) is 0 Å². The maximum atomic E-state index is 11.8. The van der Waals surface area contributed by atoms with Gasteiger partial charge in [0, 0.05) is 50.6 Å². The van der Waals surface area contributed by atoms with Crippen molar-refractivity contribution in [2.24, 2.45) is 0 Å². The van der Waals surface area contributed by atoms with E-state index in [0.29, 0.717) is 17.4 Å². The standard InChI is InChI=1S/C20H23N7O2S/c1-13-16(4-3-15(25-13)19(28)21-2)27-8-5-14(6-9-27)29-18-11-17(23-12-24-18)26-20-22-7-10-30-20/h3-4,7,10-12,14H,5-6,8-9H2,1-2H3,(H,21,28)(H,22,23,24,26). The highest BCUT2D eigenvalue weighted by Crippen LogP contribution is 2.26. The Morgan fingerprint density at radius 1 is 1.23 bits per heavy atom. The molecular weight excluding hydrogens is 402 g/mol. The molecule has 1 aliphatic heterocycles. The van der Waals surface area contributed by atoms with Gasteiger partial charge in [0.05, 0.1) is 11.4 Å². The first-order valence-corrected chi connectivity index (χ1v) is 10.6. The number of nitrogens with zero attached hydrogens (tertiary/aromatic N) is 5. The summed E-state index contributed by atoms with van der Waals surface area (Å²) in [6.45, 7) is 3.63. The fourth-order valence-electron chi connectivity index (χ4n) is 3.39. The number of aryl methyl sites for hydroxylation is 1. The minimum Gasteiger partial charge on any atom is -0.474 e. The highest BCUT2D eigenvalue weighted by molar-refractivity contribution is 7.13. The molecule has 0 saturated carbocycles. The van der Waals surface area contributed by atoms with Crippen molar-refractivity contribution in [3.63, 3.8) is 0 Å². The van der Waals surface area contributed by atoms with E-state index in [2.05, 4.69) is 35.5 Å². The molecule has 10 heteroatoms. The van der Waals surface area contributed by atoms with Crippen LogP contribution in [0.3, 0.4) is 0 Å². The summed E-state index contributed by atoms with van der Waals surface area (Å²) in [6.07, 6.45) is 5.06. The van der Waals surface area contributed by atoms with Gasteiger partial charge in [-0.1, -0.05) is 0 Å². The zero-order valence-corrected chi connectivity index (χ0v) is 17.6. The van der Waals surface area contributed by atoms with Crippen molar-refractivity contribution in [3.05, 3.63) is 47.5 Å². The van der Waals surface area contributed by atoms with Gasteiger partial charge in [-0.25, -0.2) is 19.9 Å². The van der Waals surface area contributed by atoms with E-state index >= 15 is 0 Å². The molecule has 0 aromatic carbocycles. The third-order valence-electron chi connectivity index (χ3n) is 4.90. The van der Waals surface area contributed by atoms with Gasteiger partial charge in [0.2, 0.25) is 5.88 Å². The van der Waals surface area contributed by atoms with Gasteiger partial charge in [-0.15, -0.1) is 11.3 Å².